The summed E-state index contributed by atoms with van der Waals surface area (Å²) < 4.78 is 30.2. The van der Waals surface area contributed by atoms with E-state index in [1.165, 1.54) is 19.1 Å². The molecule has 14 heteroatoms. The molecule has 15 unspecified atom stereocenters. The predicted molar refractivity (Wildman–Crippen MR) is 226 cm³/mol. The Kier molecular flexibility index (Phi) is 18.9. The number of ketones is 2. The van der Waals surface area contributed by atoms with Gasteiger partial charge in [0.25, 0.3) is 11.7 Å². The molecular weight excluding hydrogens is 773 g/mol. The van der Waals surface area contributed by atoms with Gasteiger partial charge in [0.15, 0.2) is 0 Å². The maximum atomic E-state index is 14.4. The number of amides is 1. The first-order valence-corrected chi connectivity index (χ1v) is 22.4. The van der Waals surface area contributed by atoms with Crippen LogP contribution in [0.2, 0.25) is 0 Å². The number of aliphatic hydroxyl groups is 3. The van der Waals surface area contributed by atoms with Gasteiger partial charge in [-0.1, -0.05) is 45.4 Å². The van der Waals surface area contributed by atoms with E-state index in [0.29, 0.717) is 50.6 Å². The second-order valence-electron chi connectivity index (χ2n) is 18.5. The smallest absolute Gasteiger partial charge is 0.329 e. The zero-order chi connectivity index (χ0) is 44.5. The van der Waals surface area contributed by atoms with E-state index < -0.39 is 83.9 Å². The fourth-order valence-corrected chi connectivity index (χ4v) is 9.97. The Morgan fingerprint density at radius 3 is 2.28 bits per heavy atom. The van der Waals surface area contributed by atoms with Gasteiger partial charge in [-0.05, 0) is 102 Å². The Balaban J connectivity index is 1.74. The molecule has 0 radical (unpaired) electrons. The second-order valence-corrected chi connectivity index (χ2v) is 18.5. The molecule has 3 heterocycles. The SMILES string of the molecule is CCC1C=C(C)CC(C)CC(OC)C2OC(O)(C(=O)C(=O)N3CCCCC3C(=O)OC(C(C)=CC3CCC(NCC(C)O)C(OC)C3)C(C)C(O)CC1=O)C(C)CC2OC. The summed E-state index contributed by atoms with van der Waals surface area (Å²) in [5.74, 6) is -7.42. The van der Waals surface area contributed by atoms with Crippen LogP contribution in [-0.4, -0.2) is 139 Å². The van der Waals surface area contributed by atoms with Crippen LogP contribution in [0.4, 0.5) is 0 Å². The normalized spacial score (nSPS) is 39.3. The molecule has 0 aromatic heterocycles. The average Bonchev–Trinajstić information content (AvgIpc) is 3.22. The Bertz CT molecular complexity index is 1520. The third-order valence-corrected chi connectivity index (χ3v) is 13.6. The summed E-state index contributed by atoms with van der Waals surface area (Å²) >= 11 is 0. The number of nitrogens with one attached hydrogen (secondary N) is 1. The van der Waals surface area contributed by atoms with Gasteiger partial charge in [0.1, 0.15) is 24.0 Å². The number of esters is 1. The number of piperidine rings is 1. The lowest BCUT2D eigenvalue weighted by molar-refractivity contribution is -0.302. The molecule has 4 N–H and O–H groups in total. The molecule has 0 spiro atoms. The molecule has 14 nitrogen and oxygen atoms in total. The molecule has 3 aliphatic heterocycles. The first-order chi connectivity index (χ1) is 28.4. The average molecular weight is 849 g/mol. The minimum Gasteiger partial charge on any atom is -0.456 e. The fourth-order valence-electron chi connectivity index (χ4n) is 9.97. The van der Waals surface area contributed by atoms with Crippen molar-refractivity contribution in [3.63, 3.8) is 0 Å². The molecule has 2 saturated heterocycles. The van der Waals surface area contributed by atoms with Gasteiger partial charge in [-0.2, -0.15) is 0 Å². The molecule has 342 valence electrons. The fraction of sp³-hybridized carbons (Fsp3) is 0.826. The van der Waals surface area contributed by atoms with Crippen LogP contribution in [0, 0.1) is 29.6 Å². The van der Waals surface area contributed by atoms with Crippen LogP contribution in [0.3, 0.4) is 0 Å². The maximum Gasteiger partial charge on any atom is 0.329 e. The standard InChI is InChI=1S/C46H76N2O12/c1-11-33-19-26(2)18-27(3)20-39(57-9)42-40(58-10)22-29(5)46(55,60-42)43(52)44(53)48-17-13-12-14-35(48)45(54)59-41(31(7)36(50)24-37(33)51)28(4)21-32-15-16-34(38(23-32)56-8)47-25-30(6)49/h19,21,27,29-36,38-42,47,49-50,55H,11-18,20,22-25H2,1-10H3. The topological polar surface area (TPSA) is 190 Å². The molecule has 15 atom stereocenters. The quantitative estimate of drug-likeness (QED) is 0.145. The van der Waals surface area contributed by atoms with Crippen molar-refractivity contribution in [2.24, 2.45) is 29.6 Å². The van der Waals surface area contributed by atoms with Crippen molar-refractivity contribution in [3.8, 4) is 0 Å². The molecule has 3 fully saturated rings. The highest BCUT2D eigenvalue weighted by Crippen LogP contribution is 2.39. The van der Waals surface area contributed by atoms with Gasteiger partial charge in [0.05, 0.1) is 30.5 Å². The Morgan fingerprint density at radius 1 is 0.983 bits per heavy atom. The third-order valence-electron chi connectivity index (χ3n) is 13.6. The van der Waals surface area contributed by atoms with Crippen LogP contribution in [0.5, 0.6) is 0 Å². The minimum atomic E-state index is -2.50. The number of carbonyl (C=O) groups is 4. The molecule has 1 saturated carbocycles. The summed E-state index contributed by atoms with van der Waals surface area (Å²) in [6.45, 7) is 13.5. The van der Waals surface area contributed by atoms with Gasteiger partial charge in [0.2, 0.25) is 5.79 Å². The molecule has 4 aliphatic rings. The molecular formula is C46H76N2O12. The number of cyclic esters (lactones) is 1. The van der Waals surface area contributed by atoms with Crippen LogP contribution < -0.4 is 5.32 Å². The highest BCUT2D eigenvalue weighted by Gasteiger charge is 2.56. The lowest BCUT2D eigenvalue weighted by Crippen LogP contribution is -2.64. The number of fused-ring (bicyclic) bond motifs is 3. The summed E-state index contributed by atoms with van der Waals surface area (Å²) in [6.07, 6.45) is 4.63. The minimum absolute atomic E-state index is 0.0342. The third kappa shape index (κ3) is 12.3. The van der Waals surface area contributed by atoms with Crippen LogP contribution in [-0.2, 0) is 42.9 Å². The van der Waals surface area contributed by atoms with Crippen molar-refractivity contribution in [2.75, 3.05) is 34.4 Å². The van der Waals surface area contributed by atoms with E-state index in [-0.39, 0.29) is 55.6 Å². The summed E-state index contributed by atoms with van der Waals surface area (Å²) in [5.41, 5.74) is 1.69. The summed E-state index contributed by atoms with van der Waals surface area (Å²) in [6, 6.07) is -1.07. The van der Waals surface area contributed by atoms with Crippen molar-refractivity contribution in [2.45, 2.75) is 180 Å². The molecule has 2 bridgehead atoms. The van der Waals surface area contributed by atoms with E-state index in [2.05, 4.69) is 18.3 Å². The summed E-state index contributed by atoms with van der Waals surface area (Å²) in [4.78, 5) is 58.0. The molecule has 1 aliphatic carbocycles. The van der Waals surface area contributed by atoms with Gasteiger partial charge in [0, 0.05) is 64.6 Å². The van der Waals surface area contributed by atoms with E-state index in [4.69, 9.17) is 23.7 Å². The van der Waals surface area contributed by atoms with Crippen molar-refractivity contribution in [1.82, 2.24) is 10.2 Å². The van der Waals surface area contributed by atoms with Crippen molar-refractivity contribution >= 4 is 23.4 Å². The number of hydrogen-bond acceptors (Lipinski definition) is 13. The molecule has 4 rings (SSSR count). The van der Waals surface area contributed by atoms with Gasteiger partial charge >= 0.3 is 5.97 Å². The lowest BCUT2D eigenvalue weighted by atomic mass is 9.81. The van der Waals surface area contributed by atoms with Gasteiger partial charge in [-0.3, -0.25) is 14.4 Å². The second kappa shape index (κ2) is 22.7. The summed E-state index contributed by atoms with van der Waals surface area (Å²) in [5, 5.41) is 37.1. The number of aliphatic hydroxyl groups excluding tert-OH is 2. The van der Waals surface area contributed by atoms with E-state index in [0.717, 1.165) is 18.4 Å². The first kappa shape index (κ1) is 50.1. The predicted octanol–water partition coefficient (Wildman–Crippen LogP) is 4.45. The number of rotatable bonds is 9. The number of ether oxygens (including phenoxy) is 5. The van der Waals surface area contributed by atoms with Gasteiger partial charge in [-0.25, -0.2) is 4.79 Å². The molecule has 60 heavy (non-hydrogen) atoms. The van der Waals surface area contributed by atoms with E-state index in [1.807, 2.05) is 26.8 Å². The van der Waals surface area contributed by atoms with Crippen LogP contribution in [0.1, 0.15) is 119 Å². The highest BCUT2D eigenvalue weighted by molar-refractivity contribution is 6.39. The number of carbonyl (C=O) groups excluding carboxylic acids is 4. The molecule has 0 aromatic carbocycles. The van der Waals surface area contributed by atoms with Gasteiger partial charge < -0.3 is 49.2 Å². The van der Waals surface area contributed by atoms with E-state index in [9.17, 15) is 34.5 Å². The largest absolute Gasteiger partial charge is 0.456 e. The van der Waals surface area contributed by atoms with E-state index in [1.54, 1.807) is 27.9 Å². The van der Waals surface area contributed by atoms with Crippen LogP contribution in [0.25, 0.3) is 0 Å². The van der Waals surface area contributed by atoms with Crippen molar-refractivity contribution in [3.05, 3.63) is 23.3 Å². The van der Waals surface area contributed by atoms with E-state index >= 15 is 0 Å². The Hall–Kier alpha value is -2.56. The lowest BCUT2D eigenvalue weighted by Gasteiger charge is -2.47. The number of nitrogens with zero attached hydrogens (tertiary/aromatic N) is 1. The van der Waals surface area contributed by atoms with Crippen LogP contribution >= 0.6 is 0 Å². The highest BCUT2D eigenvalue weighted by atomic mass is 16.7. The Morgan fingerprint density at radius 2 is 1.65 bits per heavy atom. The number of Topliss-reactive ketones (excluding diaryl/α,β-unsaturated/α-hetero) is 2. The van der Waals surface area contributed by atoms with Gasteiger partial charge in [-0.15, -0.1) is 0 Å². The maximum absolute atomic E-state index is 14.4. The molecule has 0 aromatic rings. The summed E-state index contributed by atoms with van der Waals surface area (Å²) in [7, 11) is 4.74. The number of hydrogen-bond donors (Lipinski definition) is 4. The number of methoxy groups -OCH3 is 3. The zero-order valence-electron chi connectivity index (χ0n) is 37.9. The zero-order valence-corrected chi connectivity index (χ0v) is 37.9. The molecule has 1 amide bonds. The first-order valence-electron chi connectivity index (χ1n) is 22.4. The van der Waals surface area contributed by atoms with Crippen LogP contribution in [0.15, 0.2) is 23.3 Å². The number of allylic oxidation sites excluding steroid dienone is 3. The van der Waals surface area contributed by atoms with Crippen molar-refractivity contribution < 1.29 is 58.2 Å². The van der Waals surface area contributed by atoms with Crippen molar-refractivity contribution in [1.29, 1.82) is 0 Å². The Labute approximate surface area is 358 Å². The monoisotopic (exact) mass is 849 g/mol.